The van der Waals surface area contributed by atoms with Crippen molar-refractivity contribution in [3.63, 3.8) is 0 Å². The molecule has 2 aromatic carbocycles. The number of aromatic nitrogens is 1. The number of hydrogen-bond acceptors (Lipinski definition) is 3. The van der Waals surface area contributed by atoms with E-state index in [2.05, 4.69) is 76.3 Å². The van der Waals surface area contributed by atoms with Gasteiger partial charge < -0.3 is 0 Å². The van der Waals surface area contributed by atoms with Crippen LogP contribution in [0.15, 0.2) is 73.1 Å². The average molecular weight is 398 g/mol. The highest BCUT2D eigenvalue weighted by molar-refractivity contribution is 5.64. The molecule has 0 amide bonds. The summed E-state index contributed by atoms with van der Waals surface area (Å²) in [6, 6.07) is 23.0. The van der Waals surface area contributed by atoms with Crippen LogP contribution in [0.25, 0.3) is 11.1 Å². The Morgan fingerprint density at radius 2 is 1.77 bits per heavy atom. The molecule has 3 aromatic rings. The molecule has 3 nitrogen and oxygen atoms in total. The molecule has 2 aliphatic rings. The van der Waals surface area contributed by atoms with Crippen LogP contribution in [0.4, 0.5) is 0 Å². The lowest BCUT2D eigenvalue weighted by molar-refractivity contribution is 0.0143. The average Bonchev–Trinajstić information content (AvgIpc) is 2.76. The summed E-state index contributed by atoms with van der Waals surface area (Å²) in [6.45, 7) is 7.97. The highest BCUT2D eigenvalue weighted by Gasteiger charge is 2.40. The highest BCUT2D eigenvalue weighted by Crippen LogP contribution is 2.37. The van der Waals surface area contributed by atoms with E-state index in [9.17, 15) is 0 Å². The molecule has 1 aromatic heterocycles. The standard InChI is InChI=1S/C27H31N3/c1-21-6-4-8-25(16-21)23-9-11-24(12-10-23)26-19-30-15-3-2-14-29(20-27(26)30)18-22-7-5-13-28-17-22/h4-13,16-17,26-27H,2-3,14-15,18-20H2,1H3/t26-,27-/m1/s1. The molecule has 5 rings (SSSR count). The minimum atomic E-state index is 0.631. The van der Waals surface area contributed by atoms with Gasteiger partial charge in [0.2, 0.25) is 0 Å². The number of benzene rings is 2. The van der Waals surface area contributed by atoms with Crippen LogP contribution in [0, 0.1) is 6.92 Å². The normalized spacial score (nSPS) is 22.6. The van der Waals surface area contributed by atoms with Crippen LogP contribution in [0.5, 0.6) is 0 Å². The fraction of sp³-hybridized carbons (Fsp3) is 0.370. The van der Waals surface area contributed by atoms with Crippen molar-refractivity contribution in [1.29, 1.82) is 0 Å². The van der Waals surface area contributed by atoms with Crippen LogP contribution in [-0.4, -0.2) is 47.0 Å². The summed E-state index contributed by atoms with van der Waals surface area (Å²) in [5.41, 5.74) is 6.76. The van der Waals surface area contributed by atoms with Gasteiger partial charge in [-0.3, -0.25) is 14.8 Å². The van der Waals surface area contributed by atoms with Crippen LogP contribution in [-0.2, 0) is 6.54 Å². The maximum atomic E-state index is 4.30. The lowest BCUT2D eigenvalue weighted by Gasteiger charge is -2.51. The Kier molecular flexibility index (Phi) is 5.65. The van der Waals surface area contributed by atoms with E-state index >= 15 is 0 Å². The molecule has 0 unspecified atom stereocenters. The van der Waals surface area contributed by atoms with Gasteiger partial charge in [-0.25, -0.2) is 0 Å². The minimum absolute atomic E-state index is 0.631. The molecule has 3 heteroatoms. The van der Waals surface area contributed by atoms with Gasteiger partial charge in [0.1, 0.15) is 0 Å². The van der Waals surface area contributed by atoms with E-state index in [1.54, 1.807) is 0 Å². The first-order chi connectivity index (χ1) is 14.8. The van der Waals surface area contributed by atoms with Crippen molar-refractivity contribution in [2.24, 2.45) is 0 Å². The maximum Gasteiger partial charge on any atom is 0.0312 e. The Morgan fingerprint density at radius 1 is 0.900 bits per heavy atom. The third kappa shape index (κ3) is 4.19. The van der Waals surface area contributed by atoms with E-state index in [1.165, 1.54) is 60.3 Å². The number of hydrogen-bond donors (Lipinski definition) is 0. The summed E-state index contributed by atoms with van der Waals surface area (Å²) in [4.78, 5) is 9.65. The molecule has 2 atom stereocenters. The zero-order valence-electron chi connectivity index (χ0n) is 17.9. The second kappa shape index (κ2) is 8.71. The predicted molar refractivity (Wildman–Crippen MR) is 123 cm³/mol. The maximum absolute atomic E-state index is 4.30. The van der Waals surface area contributed by atoms with E-state index in [0.717, 1.165) is 13.1 Å². The van der Waals surface area contributed by atoms with Crippen molar-refractivity contribution in [2.45, 2.75) is 38.3 Å². The first-order valence-corrected chi connectivity index (χ1v) is 11.3. The second-order valence-corrected chi connectivity index (χ2v) is 8.96. The van der Waals surface area contributed by atoms with Gasteiger partial charge in [-0.2, -0.15) is 0 Å². The van der Waals surface area contributed by atoms with E-state index in [1.807, 2.05) is 18.5 Å². The molecule has 2 saturated heterocycles. The van der Waals surface area contributed by atoms with Crippen molar-refractivity contribution < 1.29 is 0 Å². The molecule has 0 spiro atoms. The molecular weight excluding hydrogens is 366 g/mol. The molecule has 2 fully saturated rings. The van der Waals surface area contributed by atoms with Crippen molar-refractivity contribution in [2.75, 3.05) is 26.2 Å². The van der Waals surface area contributed by atoms with Gasteiger partial charge in [-0.15, -0.1) is 0 Å². The molecule has 0 radical (unpaired) electrons. The third-order valence-corrected chi connectivity index (χ3v) is 6.80. The summed E-state index contributed by atoms with van der Waals surface area (Å²) >= 11 is 0. The SMILES string of the molecule is Cc1cccc(-c2ccc([C@H]3CN4CCCCN(Cc5cccnc5)C[C@H]34)cc2)c1. The number of nitrogens with zero attached hydrogens (tertiary/aromatic N) is 3. The molecule has 154 valence electrons. The zero-order chi connectivity index (χ0) is 20.3. The van der Waals surface area contributed by atoms with Crippen LogP contribution >= 0.6 is 0 Å². The summed E-state index contributed by atoms with van der Waals surface area (Å²) in [5.74, 6) is 0.644. The van der Waals surface area contributed by atoms with Gasteiger partial charge in [0.05, 0.1) is 0 Å². The smallest absolute Gasteiger partial charge is 0.0312 e. The minimum Gasteiger partial charge on any atom is -0.298 e. The Balaban J connectivity index is 1.30. The zero-order valence-corrected chi connectivity index (χ0v) is 17.9. The van der Waals surface area contributed by atoms with Crippen LogP contribution in [0.1, 0.15) is 35.4 Å². The Labute approximate surface area is 180 Å². The van der Waals surface area contributed by atoms with Crippen LogP contribution < -0.4 is 0 Å². The van der Waals surface area contributed by atoms with Gasteiger partial charge in [0.25, 0.3) is 0 Å². The predicted octanol–water partition coefficient (Wildman–Crippen LogP) is 5.12. The van der Waals surface area contributed by atoms with Crippen molar-refractivity contribution in [3.8, 4) is 11.1 Å². The van der Waals surface area contributed by atoms with Crippen molar-refractivity contribution >= 4 is 0 Å². The van der Waals surface area contributed by atoms with Gasteiger partial charge in [-0.1, -0.05) is 60.2 Å². The summed E-state index contributed by atoms with van der Waals surface area (Å²) in [7, 11) is 0. The molecule has 3 heterocycles. The third-order valence-electron chi connectivity index (χ3n) is 6.80. The van der Waals surface area contributed by atoms with E-state index in [0.29, 0.717) is 12.0 Å². The van der Waals surface area contributed by atoms with Crippen molar-refractivity contribution in [3.05, 3.63) is 89.7 Å². The molecule has 0 saturated carbocycles. The summed E-state index contributed by atoms with van der Waals surface area (Å²) < 4.78 is 0. The quantitative estimate of drug-likeness (QED) is 0.609. The lowest BCUT2D eigenvalue weighted by atomic mass is 9.81. The Morgan fingerprint density at radius 3 is 2.57 bits per heavy atom. The molecule has 2 aliphatic heterocycles. The van der Waals surface area contributed by atoms with Crippen LogP contribution in [0.3, 0.4) is 0 Å². The number of pyridine rings is 1. The summed E-state index contributed by atoms with van der Waals surface area (Å²) in [6.07, 6.45) is 6.47. The largest absolute Gasteiger partial charge is 0.298 e. The van der Waals surface area contributed by atoms with E-state index in [-0.39, 0.29) is 0 Å². The molecular formula is C27H31N3. The fourth-order valence-corrected chi connectivity index (χ4v) is 5.10. The first-order valence-electron chi connectivity index (χ1n) is 11.3. The van der Waals surface area contributed by atoms with Gasteiger partial charge in [0, 0.05) is 44.0 Å². The summed E-state index contributed by atoms with van der Waals surface area (Å²) in [5, 5.41) is 0. The molecule has 0 N–H and O–H groups in total. The second-order valence-electron chi connectivity index (χ2n) is 8.96. The number of rotatable bonds is 4. The number of fused-ring (bicyclic) bond motifs is 1. The van der Waals surface area contributed by atoms with Crippen LogP contribution in [0.2, 0.25) is 0 Å². The molecule has 30 heavy (non-hydrogen) atoms. The fourth-order valence-electron chi connectivity index (χ4n) is 5.10. The highest BCUT2D eigenvalue weighted by atomic mass is 15.3. The molecule has 0 aliphatic carbocycles. The monoisotopic (exact) mass is 397 g/mol. The Hall–Kier alpha value is -2.49. The van der Waals surface area contributed by atoms with E-state index < -0.39 is 0 Å². The molecule has 0 bridgehead atoms. The Bertz CT molecular complexity index is 967. The number of aryl methyl sites for hydroxylation is 1. The lowest BCUT2D eigenvalue weighted by Crippen LogP contribution is -2.60. The van der Waals surface area contributed by atoms with Gasteiger partial charge in [-0.05, 0) is 61.2 Å². The van der Waals surface area contributed by atoms with Gasteiger partial charge in [0.15, 0.2) is 0 Å². The van der Waals surface area contributed by atoms with E-state index in [4.69, 9.17) is 0 Å². The first kappa shape index (κ1) is 19.5. The van der Waals surface area contributed by atoms with Gasteiger partial charge >= 0.3 is 0 Å². The van der Waals surface area contributed by atoms with Crippen molar-refractivity contribution in [1.82, 2.24) is 14.8 Å². The topological polar surface area (TPSA) is 19.4 Å².